The predicted octanol–water partition coefficient (Wildman–Crippen LogP) is 1.78. The first-order chi connectivity index (χ1) is 13.5. The molecule has 152 valence electrons. The van der Waals surface area contributed by atoms with Gasteiger partial charge in [-0.25, -0.2) is 13.2 Å². The maximum Gasteiger partial charge on any atom is 0.420 e. The summed E-state index contributed by atoms with van der Waals surface area (Å²) in [5.41, 5.74) is 0.627. The highest BCUT2D eigenvalue weighted by Gasteiger charge is 2.27. The predicted molar refractivity (Wildman–Crippen MR) is 104 cm³/mol. The molecule has 2 aliphatic heterocycles. The van der Waals surface area contributed by atoms with Crippen molar-refractivity contribution in [3.63, 3.8) is 0 Å². The van der Waals surface area contributed by atoms with Crippen LogP contribution in [0.2, 0.25) is 0 Å². The molecule has 0 radical (unpaired) electrons. The number of oxazole rings is 1. The standard InChI is InChI=1S/C19H25N3O5S/c23-18(20-9-3-1-4-10-20)14-22-16-8-7-15(13-17(16)27-19(22)24)28(25,26)21-11-5-2-6-12-21/h7-8,13H,1-6,9-12,14H2. The molecule has 0 aliphatic carbocycles. The molecule has 2 saturated heterocycles. The molecule has 0 bridgehead atoms. The number of amides is 1. The van der Waals surface area contributed by atoms with Gasteiger partial charge in [0.1, 0.15) is 6.54 Å². The van der Waals surface area contributed by atoms with Gasteiger partial charge in [0.25, 0.3) is 0 Å². The molecule has 4 rings (SSSR count). The van der Waals surface area contributed by atoms with Crippen LogP contribution >= 0.6 is 0 Å². The number of benzene rings is 1. The van der Waals surface area contributed by atoms with Gasteiger partial charge in [-0.15, -0.1) is 0 Å². The van der Waals surface area contributed by atoms with Crippen LogP contribution in [-0.2, 0) is 21.4 Å². The van der Waals surface area contributed by atoms with E-state index in [-0.39, 0.29) is 22.9 Å². The van der Waals surface area contributed by atoms with Crippen LogP contribution in [-0.4, -0.2) is 54.3 Å². The van der Waals surface area contributed by atoms with Gasteiger partial charge < -0.3 is 9.32 Å². The normalized spacial score (nSPS) is 19.2. The Morgan fingerprint density at radius 3 is 2.29 bits per heavy atom. The highest BCUT2D eigenvalue weighted by Crippen LogP contribution is 2.24. The summed E-state index contributed by atoms with van der Waals surface area (Å²) in [6.07, 6.45) is 5.81. The summed E-state index contributed by atoms with van der Waals surface area (Å²) < 4.78 is 33.7. The van der Waals surface area contributed by atoms with Crippen LogP contribution in [0.4, 0.5) is 0 Å². The Labute approximate surface area is 163 Å². The second-order valence-corrected chi connectivity index (χ2v) is 9.43. The number of fused-ring (bicyclic) bond motifs is 1. The van der Waals surface area contributed by atoms with Crippen molar-refractivity contribution in [2.24, 2.45) is 0 Å². The molecule has 9 heteroatoms. The van der Waals surface area contributed by atoms with Crippen molar-refractivity contribution in [3.8, 4) is 0 Å². The Kier molecular flexibility index (Phi) is 5.29. The molecule has 28 heavy (non-hydrogen) atoms. The number of rotatable bonds is 4. The van der Waals surface area contributed by atoms with E-state index in [4.69, 9.17) is 4.42 Å². The first-order valence-corrected chi connectivity index (χ1v) is 11.3. The Morgan fingerprint density at radius 1 is 0.964 bits per heavy atom. The number of carbonyl (C=O) groups is 1. The van der Waals surface area contributed by atoms with Gasteiger partial charge in [0, 0.05) is 32.2 Å². The highest BCUT2D eigenvalue weighted by atomic mass is 32.2. The number of hydrogen-bond acceptors (Lipinski definition) is 5. The first-order valence-electron chi connectivity index (χ1n) is 9.88. The lowest BCUT2D eigenvalue weighted by atomic mass is 10.1. The maximum atomic E-state index is 12.8. The molecule has 1 amide bonds. The van der Waals surface area contributed by atoms with Crippen LogP contribution in [0, 0.1) is 0 Å². The van der Waals surface area contributed by atoms with Crippen LogP contribution in [0.5, 0.6) is 0 Å². The monoisotopic (exact) mass is 407 g/mol. The van der Waals surface area contributed by atoms with Crippen molar-refractivity contribution >= 4 is 27.0 Å². The topological polar surface area (TPSA) is 92.8 Å². The largest absolute Gasteiger partial charge is 0.420 e. The first kappa shape index (κ1) is 19.2. The number of hydrogen-bond donors (Lipinski definition) is 0. The average molecular weight is 407 g/mol. The van der Waals surface area contributed by atoms with Gasteiger partial charge in [0.15, 0.2) is 5.58 Å². The molecule has 0 atom stereocenters. The van der Waals surface area contributed by atoms with Gasteiger partial charge in [0.2, 0.25) is 15.9 Å². The molecular formula is C19H25N3O5S. The molecule has 0 N–H and O–H groups in total. The third kappa shape index (κ3) is 3.60. The van der Waals surface area contributed by atoms with Crippen LogP contribution in [0.3, 0.4) is 0 Å². The van der Waals surface area contributed by atoms with Crippen molar-refractivity contribution in [3.05, 3.63) is 28.7 Å². The lowest BCUT2D eigenvalue weighted by Crippen LogP contribution is -2.39. The molecule has 8 nitrogen and oxygen atoms in total. The Balaban J connectivity index is 1.61. The minimum atomic E-state index is -3.61. The van der Waals surface area contributed by atoms with E-state index in [9.17, 15) is 18.0 Å². The second kappa shape index (κ2) is 7.71. The average Bonchev–Trinajstić information content (AvgIpc) is 3.03. The molecule has 0 spiro atoms. The summed E-state index contributed by atoms with van der Waals surface area (Å²) in [5.74, 6) is -0.762. The number of carbonyl (C=O) groups excluding carboxylic acids is 1. The van der Waals surface area contributed by atoms with Crippen LogP contribution < -0.4 is 5.76 Å². The third-order valence-corrected chi connectivity index (χ3v) is 7.49. The van der Waals surface area contributed by atoms with E-state index in [1.54, 1.807) is 11.0 Å². The van der Waals surface area contributed by atoms with E-state index in [0.29, 0.717) is 31.7 Å². The fourth-order valence-corrected chi connectivity index (χ4v) is 5.52. The summed E-state index contributed by atoms with van der Waals surface area (Å²) in [7, 11) is -3.61. The number of piperidine rings is 2. The minimum Gasteiger partial charge on any atom is -0.408 e. The van der Waals surface area contributed by atoms with E-state index < -0.39 is 15.8 Å². The van der Waals surface area contributed by atoms with Crippen LogP contribution in [0.15, 0.2) is 32.3 Å². The van der Waals surface area contributed by atoms with Crippen LogP contribution in [0.1, 0.15) is 38.5 Å². The molecule has 0 saturated carbocycles. The highest BCUT2D eigenvalue weighted by molar-refractivity contribution is 7.89. The van der Waals surface area contributed by atoms with Crippen molar-refractivity contribution in [2.75, 3.05) is 26.2 Å². The lowest BCUT2D eigenvalue weighted by Gasteiger charge is -2.26. The van der Waals surface area contributed by atoms with E-state index in [1.165, 1.54) is 21.0 Å². The zero-order valence-corrected chi connectivity index (χ0v) is 16.6. The summed E-state index contributed by atoms with van der Waals surface area (Å²) >= 11 is 0. The molecular weight excluding hydrogens is 382 g/mol. The Bertz CT molecular complexity index is 1030. The lowest BCUT2D eigenvalue weighted by molar-refractivity contribution is -0.132. The fraction of sp³-hybridized carbons (Fsp3) is 0.579. The number of sulfonamides is 1. The summed E-state index contributed by atoms with van der Waals surface area (Å²) in [5, 5.41) is 0. The number of nitrogens with zero attached hydrogens (tertiary/aromatic N) is 3. The SMILES string of the molecule is O=C(Cn1c(=O)oc2cc(S(=O)(=O)N3CCCCC3)ccc21)N1CCCCC1. The summed E-state index contributed by atoms with van der Waals surface area (Å²) in [6, 6.07) is 4.44. The third-order valence-electron chi connectivity index (χ3n) is 5.59. The smallest absolute Gasteiger partial charge is 0.408 e. The molecule has 2 fully saturated rings. The van der Waals surface area contributed by atoms with Gasteiger partial charge in [-0.05, 0) is 44.2 Å². The van der Waals surface area contributed by atoms with Crippen molar-refractivity contribution in [2.45, 2.75) is 50.0 Å². The van der Waals surface area contributed by atoms with Crippen molar-refractivity contribution < 1.29 is 17.6 Å². The molecule has 1 aromatic heterocycles. The Morgan fingerprint density at radius 2 is 1.61 bits per heavy atom. The van der Waals surface area contributed by atoms with Gasteiger partial charge in [-0.2, -0.15) is 4.31 Å². The van der Waals surface area contributed by atoms with Crippen molar-refractivity contribution in [1.29, 1.82) is 0 Å². The van der Waals surface area contributed by atoms with Gasteiger partial charge in [0.05, 0.1) is 10.4 Å². The molecule has 2 aromatic rings. The Hall–Kier alpha value is -2.13. The van der Waals surface area contributed by atoms with Gasteiger partial charge in [-0.1, -0.05) is 6.42 Å². The maximum absolute atomic E-state index is 12.8. The van der Waals surface area contributed by atoms with Crippen molar-refractivity contribution in [1.82, 2.24) is 13.8 Å². The van der Waals surface area contributed by atoms with Gasteiger partial charge >= 0.3 is 5.76 Å². The van der Waals surface area contributed by atoms with E-state index >= 15 is 0 Å². The molecule has 2 aliphatic rings. The summed E-state index contributed by atoms with van der Waals surface area (Å²) in [4.78, 5) is 26.7. The molecule has 0 unspecified atom stereocenters. The van der Waals surface area contributed by atoms with Crippen LogP contribution in [0.25, 0.3) is 11.1 Å². The van der Waals surface area contributed by atoms with Gasteiger partial charge in [-0.3, -0.25) is 9.36 Å². The number of aromatic nitrogens is 1. The fourth-order valence-electron chi connectivity index (χ4n) is 3.99. The van der Waals surface area contributed by atoms with E-state index in [0.717, 1.165) is 38.5 Å². The molecule has 3 heterocycles. The zero-order valence-electron chi connectivity index (χ0n) is 15.8. The molecule has 1 aromatic carbocycles. The van der Waals surface area contributed by atoms with E-state index in [2.05, 4.69) is 0 Å². The second-order valence-electron chi connectivity index (χ2n) is 7.49. The summed E-state index contributed by atoms with van der Waals surface area (Å²) in [6.45, 7) is 2.35. The van der Waals surface area contributed by atoms with E-state index in [1.807, 2.05) is 0 Å². The number of likely N-dealkylation sites (tertiary alicyclic amines) is 1. The minimum absolute atomic E-state index is 0.0932. The zero-order chi connectivity index (χ0) is 19.7. The quantitative estimate of drug-likeness (QED) is 0.770.